The quantitative estimate of drug-likeness (QED) is 0.807. The van der Waals surface area contributed by atoms with Crippen LogP contribution in [0.4, 0.5) is 0 Å². The Hall–Kier alpha value is -0.760. The average Bonchev–Trinajstić information content (AvgIpc) is 2.40. The van der Waals surface area contributed by atoms with E-state index in [2.05, 4.69) is 9.97 Å². The third kappa shape index (κ3) is 3.17. The second-order valence-corrected chi connectivity index (χ2v) is 5.97. The molecule has 0 aromatic carbocycles. The molecule has 0 amide bonds. The van der Waals surface area contributed by atoms with E-state index in [0.717, 1.165) is 12.8 Å². The van der Waals surface area contributed by atoms with Crippen molar-refractivity contribution >= 4 is 22.4 Å². The van der Waals surface area contributed by atoms with Gasteiger partial charge in [0.2, 0.25) is 0 Å². The van der Waals surface area contributed by atoms with Gasteiger partial charge in [-0.1, -0.05) is 0 Å². The summed E-state index contributed by atoms with van der Waals surface area (Å²) < 4.78 is 25.9. The number of piperidine rings is 1. The molecule has 0 saturated carbocycles. The summed E-state index contributed by atoms with van der Waals surface area (Å²) in [7, 11) is -3.55. The van der Waals surface area contributed by atoms with Crippen molar-refractivity contribution in [2.24, 2.45) is 11.7 Å². The first kappa shape index (κ1) is 15.3. The summed E-state index contributed by atoms with van der Waals surface area (Å²) in [6, 6.07) is 1.60. The summed E-state index contributed by atoms with van der Waals surface area (Å²) >= 11 is 0. The molecular weight excluding hydrogens is 276 g/mol. The highest BCUT2D eigenvalue weighted by Gasteiger charge is 2.31. The standard InChI is InChI=1S/C10H16N4O2S.ClH/c11-7-9-3-1-6-14(8-9)17(15,16)10-12-4-2-5-13-10;/h2,4-5,9H,1,3,6-8,11H2;1H. The molecule has 102 valence electrons. The van der Waals surface area contributed by atoms with Crippen LogP contribution in [-0.4, -0.2) is 42.3 Å². The summed E-state index contributed by atoms with van der Waals surface area (Å²) in [5.41, 5.74) is 5.59. The minimum Gasteiger partial charge on any atom is -0.330 e. The highest BCUT2D eigenvalue weighted by molar-refractivity contribution is 7.88. The van der Waals surface area contributed by atoms with Gasteiger partial charge in [-0.25, -0.2) is 18.4 Å². The molecule has 0 bridgehead atoms. The second-order valence-electron chi connectivity index (χ2n) is 4.14. The van der Waals surface area contributed by atoms with Crippen molar-refractivity contribution in [3.8, 4) is 0 Å². The first-order valence-electron chi connectivity index (χ1n) is 5.62. The number of hydrogen-bond acceptors (Lipinski definition) is 5. The molecule has 1 saturated heterocycles. The molecule has 0 aliphatic carbocycles. The Morgan fingerprint density at radius 3 is 2.67 bits per heavy atom. The smallest absolute Gasteiger partial charge is 0.278 e. The lowest BCUT2D eigenvalue weighted by Gasteiger charge is -2.30. The number of rotatable bonds is 3. The van der Waals surface area contributed by atoms with E-state index in [9.17, 15) is 8.42 Å². The van der Waals surface area contributed by atoms with Gasteiger partial charge in [0.15, 0.2) is 0 Å². The number of sulfonamides is 1. The fraction of sp³-hybridized carbons (Fsp3) is 0.600. The fourth-order valence-electron chi connectivity index (χ4n) is 1.97. The molecule has 6 nitrogen and oxygen atoms in total. The Morgan fingerprint density at radius 2 is 2.06 bits per heavy atom. The topological polar surface area (TPSA) is 89.2 Å². The number of nitrogens with two attached hydrogens (primary N) is 1. The van der Waals surface area contributed by atoms with Crippen LogP contribution in [0, 0.1) is 5.92 Å². The highest BCUT2D eigenvalue weighted by atomic mass is 35.5. The molecule has 1 atom stereocenters. The van der Waals surface area contributed by atoms with Crippen molar-refractivity contribution in [2.45, 2.75) is 18.0 Å². The molecule has 0 radical (unpaired) electrons. The van der Waals surface area contributed by atoms with Crippen LogP contribution in [-0.2, 0) is 10.0 Å². The number of aromatic nitrogens is 2. The van der Waals surface area contributed by atoms with Gasteiger partial charge in [-0.05, 0) is 31.4 Å². The zero-order valence-corrected chi connectivity index (χ0v) is 11.5. The number of hydrogen-bond donors (Lipinski definition) is 1. The van der Waals surface area contributed by atoms with E-state index in [0.29, 0.717) is 19.6 Å². The molecule has 18 heavy (non-hydrogen) atoms. The van der Waals surface area contributed by atoms with E-state index in [1.807, 2.05) is 0 Å². The molecule has 1 aliphatic heterocycles. The SMILES string of the molecule is Cl.NCC1CCCN(S(=O)(=O)c2ncccn2)C1. The van der Waals surface area contributed by atoms with E-state index in [4.69, 9.17) is 5.73 Å². The lowest BCUT2D eigenvalue weighted by molar-refractivity contribution is 0.270. The predicted octanol–water partition coefficient (Wildman–Crippen LogP) is 0.258. The van der Waals surface area contributed by atoms with Gasteiger partial charge in [-0.2, -0.15) is 4.31 Å². The van der Waals surface area contributed by atoms with Gasteiger partial charge in [-0.15, -0.1) is 12.4 Å². The molecule has 2 rings (SSSR count). The van der Waals surface area contributed by atoms with Gasteiger partial charge in [-0.3, -0.25) is 0 Å². The largest absolute Gasteiger partial charge is 0.330 e. The van der Waals surface area contributed by atoms with Gasteiger partial charge in [0.05, 0.1) is 0 Å². The van der Waals surface area contributed by atoms with Crippen LogP contribution in [0.1, 0.15) is 12.8 Å². The van der Waals surface area contributed by atoms with Crippen molar-refractivity contribution in [1.82, 2.24) is 14.3 Å². The third-order valence-corrected chi connectivity index (χ3v) is 4.61. The Kier molecular flexibility index (Phi) is 5.46. The molecule has 1 fully saturated rings. The average molecular weight is 293 g/mol. The van der Waals surface area contributed by atoms with E-state index in [1.54, 1.807) is 6.07 Å². The molecule has 2 N–H and O–H groups in total. The van der Waals surface area contributed by atoms with Gasteiger partial charge in [0.1, 0.15) is 0 Å². The van der Waals surface area contributed by atoms with Gasteiger partial charge < -0.3 is 5.73 Å². The number of halogens is 1. The lowest BCUT2D eigenvalue weighted by Crippen LogP contribution is -2.42. The Balaban J connectivity index is 0.00000162. The Labute approximate surface area is 113 Å². The molecule has 1 aromatic rings. The molecule has 2 heterocycles. The fourth-order valence-corrected chi connectivity index (χ4v) is 3.37. The van der Waals surface area contributed by atoms with Crippen LogP contribution in [0.5, 0.6) is 0 Å². The van der Waals surface area contributed by atoms with Crippen molar-refractivity contribution < 1.29 is 8.42 Å². The van der Waals surface area contributed by atoms with Crippen molar-refractivity contribution in [3.05, 3.63) is 18.5 Å². The van der Waals surface area contributed by atoms with E-state index >= 15 is 0 Å². The van der Waals surface area contributed by atoms with Crippen molar-refractivity contribution in [3.63, 3.8) is 0 Å². The van der Waals surface area contributed by atoms with Crippen LogP contribution < -0.4 is 5.73 Å². The van der Waals surface area contributed by atoms with E-state index < -0.39 is 10.0 Å². The normalized spacial score (nSPS) is 21.3. The molecule has 0 spiro atoms. The van der Waals surface area contributed by atoms with Crippen molar-refractivity contribution in [1.29, 1.82) is 0 Å². The summed E-state index contributed by atoms with van der Waals surface area (Å²) in [5, 5.41) is -0.127. The monoisotopic (exact) mass is 292 g/mol. The summed E-state index contributed by atoms with van der Waals surface area (Å²) in [6.07, 6.45) is 4.70. The van der Waals surface area contributed by atoms with Gasteiger partial charge in [0.25, 0.3) is 15.2 Å². The van der Waals surface area contributed by atoms with E-state index in [-0.39, 0.29) is 23.5 Å². The molecular formula is C10H17ClN4O2S. The molecule has 8 heteroatoms. The summed E-state index contributed by atoms with van der Waals surface area (Å²) in [5.74, 6) is 0.238. The maximum atomic E-state index is 12.2. The van der Waals surface area contributed by atoms with Crippen molar-refractivity contribution in [2.75, 3.05) is 19.6 Å². The van der Waals surface area contributed by atoms with Gasteiger partial charge >= 0.3 is 0 Å². The summed E-state index contributed by atoms with van der Waals surface area (Å²) in [4.78, 5) is 7.61. The summed E-state index contributed by atoms with van der Waals surface area (Å²) in [6.45, 7) is 1.51. The molecule has 1 aliphatic rings. The first-order valence-corrected chi connectivity index (χ1v) is 7.06. The highest BCUT2D eigenvalue weighted by Crippen LogP contribution is 2.20. The second kappa shape index (κ2) is 6.42. The predicted molar refractivity (Wildman–Crippen MR) is 69.8 cm³/mol. The van der Waals surface area contributed by atoms with Crippen LogP contribution in [0.25, 0.3) is 0 Å². The Bertz CT molecular complexity index is 468. The first-order chi connectivity index (χ1) is 8.14. The minimum atomic E-state index is -3.55. The molecule has 1 unspecified atom stereocenters. The van der Waals surface area contributed by atoms with Gasteiger partial charge in [0, 0.05) is 25.5 Å². The molecule has 1 aromatic heterocycles. The maximum Gasteiger partial charge on any atom is 0.278 e. The van der Waals surface area contributed by atoms with Crippen LogP contribution in [0.15, 0.2) is 23.6 Å². The Morgan fingerprint density at radius 1 is 1.39 bits per heavy atom. The number of nitrogens with zero attached hydrogens (tertiary/aromatic N) is 3. The van der Waals surface area contributed by atoms with Crippen LogP contribution in [0.3, 0.4) is 0 Å². The third-order valence-electron chi connectivity index (χ3n) is 2.93. The lowest BCUT2D eigenvalue weighted by atomic mass is 10.0. The van der Waals surface area contributed by atoms with Crippen LogP contribution in [0.2, 0.25) is 0 Å². The van der Waals surface area contributed by atoms with Crippen LogP contribution >= 0.6 is 12.4 Å². The minimum absolute atomic E-state index is 0. The maximum absolute atomic E-state index is 12.2. The van der Waals surface area contributed by atoms with E-state index in [1.165, 1.54) is 16.7 Å². The zero-order chi connectivity index (χ0) is 12.3. The zero-order valence-electron chi connectivity index (χ0n) is 9.90.